The molecule has 7 nitrogen and oxygen atoms in total. The van der Waals surface area contributed by atoms with Crippen molar-refractivity contribution in [3.8, 4) is 23.0 Å². The molecule has 0 saturated heterocycles. The predicted octanol–water partition coefficient (Wildman–Crippen LogP) is 7.11. The molecular formula is C28H26N4O3S2. The Morgan fingerprint density at radius 2 is 0.892 bits per heavy atom. The van der Waals surface area contributed by atoms with E-state index in [-0.39, 0.29) is 0 Å². The van der Waals surface area contributed by atoms with Crippen LogP contribution in [-0.2, 0) is 0 Å². The molecule has 0 aliphatic rings. The summed E-state index contributed by atoms with van der Waals surface area (Å²) in [5, 5.41) is 13.5. The van der Waals surface area contributed by atoms with Crippen LogP contribution in [0.15, 0.2) is 97.1 Å². The number of anilines is 4. The molecule has 37 heavy (non-hydrogen) atoms. The molecule has 0 heterocycles. The van der Waals surface area contributed by atoms with Gasteiger partial charge in [0, 0.05) is 11.4 Å². The number of ether oxygens (including phenoxy) is 3. The SMILES string of the molecule is COc1ccccc1NC(=S)Nc1ccc(Oc2ccc(NC(=S)Nc3ccccc3OC)cc2)cc1. The summed E-state index contributed by atoms with van der Waals surface area (Å²) in [6.45, 7) is 0. The van der Waals surface area contributed by atoms with Crippen LogP contribution in [0.2, 0.25) is 0 Å². The molecule has 188 valence electrons. The van der Waals surface area contributed by atoms with E-state index in [9.17, 15) is 0 Å². The molecule has 4 aromatic carbocycles. The summed E-state index contributed by atoms with van der Waals surface area (Å²) in [6.07, 6.45) is 0. The first-order valence-corrected chi connectivity index (χ1v) is 12.2. The number of hydrogen-bond acceptors (Lipinski definition) is 5. The van der Waals surface area contributed by atoms with Gasteiger partial charge in [0.05, 0.1) is 25.6 Å². The zero-order valence-corrected chi connectivity index (χ0v) is 21.9. The van der Waals surface area contributed by atoms with Gasteiger partial charge in [-0.3, -0.25) is 0 Å². The highest BCUT2D eigenvalue weighted by Crippen LogP contribution is 2.27. The molecule has 0 saturated carbocycles. The first-order chi connectivity index (χ1) is 18.0. The monoisotopic (exact) mass is 530 g/mol. The Hall–Kier alpha value is -4.34. The fourth-order valence-electron chi connectivity index (χ4n) is 3.41. The maximum Gasteiger partial charge on any atom is 0.175 e. The van der Waals surface area contributed by atoms with Crippen LogP contribution in [0.3, 0.4) is 0 Å². The highest BCUT2D eigenvalue weighted by molar-refractivity contribution is 7.81. The molecule has 0 bridgehead atoms. The van der Waals surface area contributed by atoms with Crippen molar-refractivity contribution in [2.45, 2.75) is 0 Å². The Balaban J connectivity index is 1.28. The standard InChI is InChI=1S/C28H26N4O3S2/c1-33-25-9-5-3-7-23(25)31-27(36)29-19-11-15-21(16-12-19)35-22-17-13-20(14-18-22)30-28(37)32-24-8-4-6-10-26(24)34-2/h3-18H,1-2H3,(H2,29,31,36)(H2,30,32,37). The Labute approximate surface area is 226 Å². The largest absolute Gasteiger partial charge is 0.495 e. The van der Waals surface area contributed by atoms with Gasteiger partial charge >= 0.3 is 0 Å². The number of hydrogen-bond donors (Lipinski definition) is 4. The summed E-state index contributed by atoms with van der Waals surface area (Å²) < 4.78 is 16.7. The van der Waals surface area contributed by atoms with Crippen LogP contribution in [0, 0.1) is 0 Å². The molecule has 0 amide bonds. The van der Waals surface area contributed by atoms with Crippen molar-refractivity contribution >= 4 is 57.4 Å². The lowest BCUT2D eigenvalue weighted by Crippen LogP contribution is -2.19. The van der Waals surface area contributed by atoms with E-state index in [1.165, 1.54) is 0 Å². The number of rotatable bonds is 8. The average Bonchev–Trinajstić information content (AvgIpc) is 2.91. The molecule has 0 fully saturated rings. The van der Waals surface area contributed by atoms with Gasteiger partial charge in [0.2, 0.25) is 0 Å². The van der Waals surface area contributed by atoms with E-state index in [1.54, 1.807) is 14.2 Å². The summed E-state index contributed by atoms with van der Waals surface area (Å²) in [6, 6.07) is 30.2. The zero-order valence-electron chi connectivity index (χ0n) is 20.3. The predicted molar refractivity (Wildman–Crippen MR) is 159 cm³/mol. The molecule has 0 aliphatic carbocycles. The molecule has 4 rings (SSSR count). The van der Waals surface area contributed by atoms with Crippen molar-refractivity contribution in [3.63, 3.8) is 0 Å². The van der Waals surface area contributed by atoms with E-state index in [0.717, 1.165) is 22.7 Å². The van der Waals surface area contributed by atoms with Gasteiger partial charge in [0.1, 0.15) is 23.0 Å². The number of thiocarbonyl (C=S) groups is 2. The average molecular weight is 531 g/mol. The quantitative estimate of drug-likeness (QED) is 0.178. The molecule has 0 atom stereocenters. The minimum atomic E-state index is 0.458. The lowest BCUT2D eigenvalue weighted by Gasteiger charge is -2.14. The summed E-state index contributed by atoms with van der Waals surface area (Å²) in [7, 11) is 3.24. The van der Waals surface area contributed by atoms with Gasteiger partial charge in [-0.1, -0.05) is 24.3 Å². The maximum absolute atomic E-state index is 5.96. The Bertz CT molecular complexity index is 1260. The van der Waals surface area contributed by atoms with Crippen LogP contribution in [0.4, 0.5) is 22.7 Å². The third kappa shape index (κ3) is 7.33. The molecule has 0 unspecified atom stereocenters. The zero-order chi connectivity index (χ0) is 26.0. The minimum Gasteiger partial charge on any atom is -0.495 e. The lowest BCUT2D eigenvalue weighted by molar-refractivity contribution is 0.417. The summed E-state index contributed by atoms with van der Waals surface area (Å²) in [5.41, 5.74) is 3.24. The number of benzene rings is 4. The highest BCUT2D eigenvalue weighted by Gasteiger charge is 2.06. The van der Waals surface area contributed by atoms with Crippen molar-refractivity contribution in [1.29, 1.82) is 0 Å². The molecule has 0 aliphatic heterocycles. The van der Waals surface area contributed by atoms with Crippen LogP contribution in [-0.4, -0.2) is 24.4 Å². The van der Waals surface area contributed by atoms with Gasteiger partial charge < -0.3 is 35.5 Å². The topological polar surface area (TPSA) is 75.8 Å². The fraction of sp³-hybridized carbons (Fsp3) is 0.0714. The van der Waals surface area contributed by atoms with Crippen molar-refractivity contribution < 1.29 is 14.2 Å². The van der Waals surface area contributed by atoms with Crippen molar-refractivity contribution in [3.05, 3.63) is 97.1 Å². The van der Waals surface area contributed by atoms with E-state index in [0.29, 0.717) is 33.2 Å². The third-order valence-electron chi connectivity index (χ3n) is 5.17. The van der Waals surface area contributed by atoms with Crippen LogP contribution >= 0.6 is 24.4 Å². The van der Waals surface area contributed by atoms with Gasteiger partial charge in [0.25, 0.3) is 0 Å². The van der Waals surface area contributed by atoms with Gasteiger partial charge in [0.15, 0.2) is 10.2 Å². The van der Waals surface area contributed by atoms with Crippen molar-refractivity contribution in [2.24, 2.45) is 0 Å². The Morgan fingerprint density at radius 1 is 0.514 bits per heavy atom. The minimum absolute atomic E-state index is 0.458. The maximum atomic E-state index is 5.96. The molecular weight excluding hydrogens is 504 g/mol. The third-order valence-corrected chi connectivity index (χ3v) is 5.58. The normalized spacial score (nSPS) is 10.1. The molecule has 0 radical (unpaired) electrons. The fourth-order valence-corrected chi connectivity index (χ4v) is 3.87. The summed E-state index contributed by atoms with van der Waals surface area (Å²) >= 11 is 10.8. The van der Waals surface area contributed by atoms with Gasteiger partial charge in [-0.2, -0.15) is 0 Å². The molecule has 9 heteroatoms. The van der Waals surface area contributed by atoms with E-state index in [1.807, 2.05) is 97.1 Å². The Morgan fingerprint density at radius 3 is 1.27 bits per heavy atom. The molecule has 4 N–H and O–H groups in total. The number of nitrogens with one attached hydrogen (secondary N) is 4. The van der Waals surface area contributed by atoms with Crippen LogP contribution in [0.5, 0.6) is 23.0 Å². The van der Waals surface area contributed by atoms with Crippen LogP contribution in [0.25, 0.3) is 0 Å². The smallest absolute Gasteiger partial charge is 0.175 e. The van der Waals surface area contributed by atoms with Crippen molar-refractivity contribution in [1.82, 2.24) is 0 Å². The van der Waals surface area contributed by atoms with Gasteiger partial charge in [-0.05, 0) is 97.2 Å². The Kier molecular flexibility index (Phi) is 8.75. The second-order valence-electron chi connectivity index (χ2n) is 7.71. The molecule has 0 aromatic heterocycles. The first-order valence-electron chi connectivity index (χ1n) is 11.3. The van der Waals surface area contributed by atoms with Crippen LogP contribution in [0.1, 0.15) is 0 Å². The van der Waals surface area contributed by atoms with Crippen LogP contribution < -0.4 is 35.5 Å². The van der Waals surface area contributed by atoms with Crippen molar-refractivity contribution in [2.75, 3.05) is 35.5 Å². The highest BCUT2D eigenvalue weighted by atomic mass is 32.1. The summed E-state index contributed by atoms with van der Waals surface area (Å²) in [4.78, 5) is 0. The van der Waals surface area contributed by atoms with E-state index in [2.05, 4.69) is 21.3 Å². The van der Waals surface area contributed by atoms with E-state index >= 15 is 0 Å². The van der Waals surface area contributed by atoms with Gasteiger partial charge in [-0.15, -0.1) is 0 Å². The summed E-state index contributed by atoms with van der Waals surface area (Å²) in [5.74, 6) is 2.82. The first kappa shape index (κ1) is 25.7. The molecule has 4 aromatic rings. The van der Waals surface area contributed by atoms with E-state index < -0.39 is 0 Å². The van der Waals surface area contributed by atoms with E-state index in [4.69, 9.17) is 38.6 Å². The molecule has 0 spiro atoms. The number of para-hydroxylation sites is 4. The van der Waals surface area contributed by atoms with Gasteiger partial charge in [-0.25, -0.2) is 0 Å². The second kappa shape index (κ2) is 12.6. The second-order valence-corrected chi connectivity index (χ2v) is 8.53. The number of methoxy groups -OCH3 is 2. The lowest BCUT2D eigenvalue weighted by atomic mass is 10.2.